The summed E-state index contributed by atoms with van der Waals surface area (Å²) in [6.07, 6.45) is -0.920. The molecule has 0 spiro atoms. The summed E-state index contributed by atoms with van der Waals surface area (Å²) in [6.45, 7) is 3.43. The van der Waals surface area contributed by atoms with Gasteiger partial charge in [0.15, 0.2) is 0 Å². The van der Waals surface area contributed by atoms with Gasteiger partial charge in [-0.05, 0) is 43.7 Å². The van der Waals surface area contributed by atoms with Crippen molar-refractivity contribution in [2.45, 2.75) is 26.5 Å². The number of nitrogens with zero attached hydrogens (tertiary/aromatic N) is 2. The number of aliphatic hydroxyl groups excluding tert-OH is 1. The first-order chi connectivity index (χ1) is 14.9. The van der Waals surface area contributed by atoms with Crippen LogP contribution in [0.2, 0.25) is 0 Å². The summed E-state index contributed by atoms with van der Waals surface area (Å²) in [4.78, 5) is 25.0. The number of carbonyl (C=O) groups is 2. The zero-order valence-electron chi connectivity index (χ0n) is 17.1. The van der Waals surface area contributed by atoms with Crippen LogP contribution in [0.4, 0.5) is 20.7 Å². The number of ether oxygens (including phenoxy) is 1. The van der Waals surface area contributed by atoms with Crippen LogP contribution in [0, 0.1) is 12.7 Å². The molecule has 0 aliphatic rings. The number of hydrogen-bond acceptors (Lipinski definition) is 5. The van der Waals surface area contributed by atoms with Crippen molar-refractivity contribution in [3.8, 4) is 0 Å². The van der Waals surface area contributed by atoms with Crippen molar-refractivity contribution in [2.24, 2.45) is 0 Å². The molecule has 1 unspecified atom stereocenters. The van der Waals surface area contributed by atoms with E-state index in [1.807, 2.05) is 6.07 Å². The fraction of sp³-hybridized carbons (Fsp3) is 0.227. The van der Waals surface area contributed by atoms with Crippen molar-refractivity contribution in [3.05, 3.63) is 77.2 Å². The zero-order valence-corrected chi connectivity index (χ0v) is 17.1. The Morgan fingerprint density at radius 3 is 2.45 bits per heavy atom. The smallest absolute Gasteiger partial charge is 0.343 e. The van der Waals surface area contributed by atoms with Crippen molar-refractivity contribution in [1.82, 2.24) is 9.78 Å². The minimum Gasteiger partial charge on any atom is -0.462 e. The summed E-state index contributed by atoms with van der Waals surface area (Å²) in [7, 11) is 0. The highest BCUT2D eigenvalue weighted by Crippen LogP contribution is 2.24. The number of esters is 1. The number of anilines is 2. The minimum atomic E-state index is -0.920. The van der Waals surface area contributed by atoms with E-state index in [-0.39, 0.29) is 24.5 Å². The Hall–Kier alpha value is -3.72. The zero-order chi connectivity index (χ0) is 22.4. The molecule has 2 amide bonds. The Morgan fingerprint density at radius 1 is 1.13 bits per heavy atom. The maximum atomic E-state index is 13.1. The van der Waals surface area contributed by atoms with Gasteiger partial charge in [-0.2, -0.15) is 5.10 Å². The van der Waals surface area contributed by atoms with E-state index in [2.05, 4.69) is 15.7 Å². The van der Waals surface area contributed by atoms with Gasteiger partial charge in [0.2, 0.25) is 0 Å². The first-order valence-corrected chi connectivity index (χ1v) is 9.70. The van der Waals surface area contributed by atoms with Crippen LogP contribution in [-0.2, 0) is 11.3 Å². The molecule has 0 bridgehead atoms. The molecular weight excluding hydrogens is 403 g/mol. The predicted molar refractivity (Wildman–Crippen MR) is 113 cm³/mol. The van der Waals surface area contributed by atoms with Crippen LogP contribution >= 0.6 is 0 Å². The Labute approximate surface area is 178 Å². The normalized spacial score (nSPS) is 11.6. The number of aliphatic hydroxyl groups is 1. The summed E-state index contributed by atoms with van der Waals surface area (Å²) in [5, 5.41) is 20.1. The van der Waals surface area contributed by atoms with E-state index >= 15 is 0 Å². The topological polar surface area (TPSA) is 105 Å². The van der Waals surface area contributed by atoms with Crippen molar-refractivity contribution in [3.63, 3.8) is 0 Å². The second-order valence-corrected chi connectivity index (χ2v) is 6.72. The molecule has 0 fully saturated rings. The Kier molecular flexibility index (Phi) is 6.99. The molecule has 162 valence electrons. The molecule has 0 aliphatic carbocycles. The third kappa shape index (κ3) is 5.46. The van der Waals surface area contributed by atoms with Crippen LogP contribution < -0.4 is 10.6 Å². The predicted octanol–water partition coefficient (Wildman–Crippen LogP) is 3.88. The fourth-order valence-corrected chi connectivity index (χ4v) is 3.04. The molecule has 0 saturated heterocycles. The van der Waals surface area contributed by atoms with Crippen LogP contribution in [-0.4, -0.2) is 33.5 Å². The Morgan fingerprint density at radius 2 is 1.81 bits per heavy atom. The number of aromatic nitrogens is 2. The molecule has 31 heavy (non-hydrogen) atoms. The number of urea groups is 1. The average Bonchev–Trinajstić information content (AvgIpc) is 3.05. The summed E-state index contributed by atoms with van der Waals surface area (Å²) < 4.78 is 19.5. The number of nitrogens with one attached hydrogen (secondary N) is 2. The van der Waals surface area contributed by atoms with E-state index in [9.17, 15) is 19.1 Å². The maximum absolute atomic E-state index is 13.1. The number of rotatable bonds is 7. The highest BCUT2D eigenvalue weighted by molar-refractivity contribution is 6.04. The van der Waals surface area contributed by atoms with E-state index in [0.717, 1.165) is 0 Å². The lowest BCUT2D eigenvalue weighted by molar-refractivity contribution is 0.0526. The molecule has 3 N–H and O–H groups in total. The lowest BCUT2D eigenvalue weighted by atomic mass is 10.1. The van der Waals surface area contributed by atoms with E-state index < -0.39 is 23.9 Å². The molecule has 0 aliphatic heterocycles. The summed E-state index contributed by atoms with van der Waals surface area (Å²) >= 11 is 0. The lowest BCUT2D eigenvalue weighted by Crippen LogP contribution is -2.24. The van der Waals surface area contributed by atoms with Gasteiger partial charge in [0.25, 0.3) is 0 Å². The highest BCUT2D eigenvalue weighted by atomic mass is 19.1. The van der Waals surface area contributed by atoms with E-state index in [4.69, 9.17) is 4.74 Å². The molecule has 0 radical (unpaired) electrons. The summed E-state index contributed by atoms with van der Waals surface area (Å²) in [6, 6.07) is 13.5. The molecule has 8 nitrogen and oxygen atoms in total. The third-order valence-electron chi connectivity index (χ3n) is 4.47. The lowest BCUT2D eigenvalue weighted by Gasteiger charge is -2.15. The monoisotopic (exact) mass is 426 g/mol. The SMILES string of the molecule is CCOC(=O)c1c(C)nn(CC(O)c2ccccc2)c1NC(=O)Nc1ccc(F)cc1. The summed E-state index contributed by atoms with van der Waals surface area (Å²) in [5.41, 5.74) is 1.46. The molecular formula is C22H23FN4O4. The molecule has 1 atom stereocenters. The van der Waals surface area contributed by atoms with Gasteiger partial charge in [0.05, 0.1) is 24.9 Å². The molecule has 1 aromatic heterocycles. The van der Waals surface area contributed by atoms with Crippen LogP contribution in [0.1, 0.15) is 34.6 Å². The number of halogens is 1. The van der Waals surface area contributed by atoms with Crippen LogP contribution in [0.3, 0.4) is 0 Å². The number of hydrogen-bond donors (Lipinski definition) is 3. The second-order valence-electron chi connectivity index (χ2n) is 6.72. The van der Waals surface area contributed by atoms with E-state index in [0.29, 0.717) is 16.9 Å². The van der Waals surface area contributed by atoms with Gasteiger partial charge in [-0.3, -0.25) is 5.32 Å². The van der Waals surface area contributed by atoms with Gasteiger partial charge in [0, 0.05) is 5.69 Å². The summed E-state index contributed by atoms with van der Waals surface area (Å²) in [5.74, 6) is -0.984. The maximum Gasteiger partial charge on any atom is 0.343 e. The Balaban J connectivity index is 1.88. The van der Waals surface area contributed by atoms with Crippen molar-refractivity contribution < 1.29 is 23.8 Å². The molecule has 3 aromatic rings. The van der Waals surface area contributed by atoms with Gasteiger partial charge < -0.3 is 15.2 Å². The van der Waals surface area contributed by atoms with Crippen molar-refractivity contribution >= 4 is 23.5 Å². The van der Waals surface area contributed by atoms with Crippen LogP contribution in [0.25, 0.3) is 0 Å². The van der Waals surface area contributed by atoms with Gasteiger partial charge in [-0.15, -0.1) is 0 Å². The first-order valence-electron chi connectivity index (χ1n) is 9.70. The fourth-order valence-electron chi connectivity index (χ4n) is 3.04. The standard InChI is InChI=1S/C22H23FN4O4/c1-3-31-21(29)19-14(2)26-27(13-18(28)15-7-5-4-6-8-15)20(19)25-22(30)24-17-11-9-16(23)10-12-17/h4-12,18,28H,3,13H2,1-2H3,(H2,24,25,30). The minimum absolute atomic E-state index is 0.00355. The van der Waals surface area contributed by atoms with Gasteiger partial charge in [-0.25, -0.2) is 18.7 Å². The second kappa shape index (κ2) is 9.86. The highest BCUT2D eigenvalue weighted by Gasteiger charge is 2.25. The molecule has 1 heterocycles. The largest absolute Gasteiger partial charge is 0.462 e. The third-order valence-corrected chi connectivity index (χ3v) is 4.47. The van der Waals surface area contributed by atoms with Gasteiger partial charge >= 0.3 is 12.0 Å². The number of aryl methyl sites for hydroxylation is 1. The molecule has 0 saturated carbocycles. The van der Waals surface area contributed by atoms with Crippen LogP contribution in [0.5, 0.6) is 0 Å². The number of amides is 2. The molecule has 2 aromatic carbocycles. The average molecular weight is 426 g/mol. The van der Waals surface area contributed by atoms with Gasteiger partial charge in [0.1, 0.15) is 17.2 Å². The molecule has 9 heteroatoms. The van der Waals surface area contributed by atoms with Crippen molar-refractivity contribution in [1.29, 1.82) is 0 Å². The number of carbonyl (C=O) groups excluding carboxylic acids is 2. The quantitative estimate of drug-likeness (QED) is 0.497. The van der Waals surface area contributed by atoms with Crippen molar-refractivity contribution in [2.75, 3.05) is 17.2 Å². The first kappa shape index (κ1) is 22.0. The van der Waals surface area contributed by atoms with E-state index in [1.54, 1.807) is 38.1 Å². The van der Waals surface area contributed by atoms with Crippen LogP contribution in [0.15, 0.2) is 54.6 Å². The number of benzene rings is 2. The van der Waals surface area contributed by atoms with E-state index in [1.165, 1.54) is 28.9 Å². The molecule has 3 rings (SSSR count). The Bertz CT molecular complexity index is 1050. The van der Waals surface area contributed by atoms with Gasteiger partial charge in [-0.1, -0.05) is 30.3 Å².